The number of benzene rings is 2. The number of halogens is 2. The van der Waals surface area contributed by atoms with Gasteiger partial charge in [0.05, 0.1) is 11.8 Å². The molecule has 2 aromatic carbocycles. The van der Waals surface area contributed by atoms with Gasteiger partial charge in [0.15, 0.2) is 0 Å². The van der Waals surface area contributed by atoms with E-state index in [1.54, 1.807) is 30.3 Å². The van der Waals surface area contributed by atoms with Crippen LogP contribution in [0, 0.1) is 11.7 Å². The highest BCUT2D eigenvalue weighted by molar-refractivity contribution is 9.10. The lowest BCUT2D eigenvalue weighted by molar-refractivity contribution is -0.148. The lowest BCUT2D eigenvalue weighted by atomic mass is 10.1. The largest absolute Gasteiger partial charge is 0.462 e. The minimum Gasteiger partial charge on any atom is -0.462 e. The summed E-state index contributed by atoms with van der Waals surface area (Å²) >= 11 is 4.65. The Morgan fingerprint density at radius 2 is 1.83 bits per heavy atom. The fraction of sp³-hybridized carbons (Fsp3) is 0.364. The Hall–Kier alpha value is -1.86. The van der Waals surface area contributed by atoms with Crippen molar-refractivity contribution in [2.24, 2.45) is 5.92 Å². The quantitative estimate of drug-likeness (QED) is 0.355. The predicted octanol–water partition coefficient (Wildman–Crippen LogP) is 6.30. The third kappa shape index (κ3) is 6.57. The molecule has 1 N–H and O–H groups in total. The molecule has 0 fully saturated rings. The van der Waals surface area contributed by atoms with E-state index in [0.717, 1.165) is 6.42 Å². The molecule has 2 aromatic rings. The van der Waals surface area contributed by atoms with E-state index in [1.807, 2.05) is 27.7 Å². The van der Waals surface area contributed by atoms with Crippen molar-refractivity contribution in [3.05, 3.63) is 58.3 Å². The van der Waals surface area contributed by atoms with E-state index in [-0.39, 0.29) is 23.7 Å². The Balaban J connectivity index is 2.24. The summed E-state index contributed by atoms with van der Waals surface area (Å²) < 4.78 is 20.4. The molecule has 29 heavy (non-hydrogen) atoms. The zero-order valence-corrected chi connectivity index (χ0v) is 19.3. The lowest BCUT2D eigenvalue weighted by Gasteiger charge is -2.22. The molecule has 0 radical (unpaired) electrons. The van der Waals surface area contributed by atoms with Crippen molar-refractivity contribution in [1.82, 2.24) is 0 Å². The highest BCUT2D eigenvalue weighted by atomic mass is 79.9. The highest BCUT2D eigenvalue weighted by Gasteiger charge is 2.27. The average Bonchev–Trinajstić information content (AvgIpc) is 2.69. The molecule has 0 bridgehead atoms. The van der Waals surface area contributed by atoms with Crippen LogP contribution in [-0.2, 0) is 9.53 Å². The van der Waals surface area contributed by atoms with Gasteiger partial charge >= 0.3 is 5.97 Å². The number of hydrogen-bond acceptors (Lipinski definition) is 4. The first-order valence-corrected chi connectivity index (χ1v) is 11.1. The molecule has 0 saturated carbocycles. The van der Waals surface area contributed by atoms with Gasteiger partial charge in [0, 0.05) is 14.9 Å². The molecule has 2 unspecified atom stereocenters. The van der Waals surface area contributed by atoms with Crippen LogP contribution < -0.4 is 5.32 Å². The van der Waals surface area contributed by atoms with Crippen LogP contribution in [0.15, 0.2) is 51.8 Å². The molecule has 0 saturated heterocycles. The zero-order chi connectivity index (χ0) is 21.6. The fourth-order valence-corrected chi connectivity index (χ4v) is 4.09. The number of hydrogen-bond donors (Lipinski definition) is 1. The van der Waals surface area contributed by atoms with Crippen LogP contribution in [0.3, 0.4) is 0 Å². The third-order valence-electron chi connectivity index (χ3n) is 4.29. The predicted molar refractivity (Wildman–Crippen MR) is 119 cm³/mol. The number of carbonyl (C=O) groups is 2. The van der Waals surface area contributed by atoms with Crippen molar-refractivity contribution < 1.29 is 18.7 Å². The first kappa shape index (κ1) is 23.4. The molecule has 0 aromatic heterocycles. The van der Waals surface area contributed by atoms with Crippen LogP contribution in [0.1, 0.15) is 44.5 Å². The molecule has 0 spiro atoms. The second-order valence-electron chi connectivity index (χ2n) is 7.02. The maximum Gasteiger partial charge on any atom is 0.319 e. The molecule has 0 aliphatic heterocycles. The van der Waals surface area contributed by atoms with Gasteiger partial charge in [-0.1, -0.05) is 39.0 Å². The van der Waals surface area contributed by atoms with Crippen LogP contribution in [0.2, 0.25) is 0 Å². The maximum absolute atomic E-state index is 14.4. The van der Waals surface area contributed by atoms with Crippen molar-refractivity contribution >= 4 is 45.3 Å². The van der Waals surface area contributed by atoms with E-state index in [4.69, 9.17) is 4.74 Å². The van der Waals surface area contributed by atoms with Gasteiger partial charge in [-0.15, -0.1) is 11.8 Å². The Morgan fingerprint density at radius 1 is 1.17 bits per heavy atom. The topological polar surface area (TPSA) is 55.4 Å². The van der Waals surface area contributed by atoms with Crippen molar-refractivity contribution in [3.8, 4) is 0 Å². The SMILES string of the molecule is CCC(C)OC(=O)C(Sc1cc(NC(=O)c2ccccc2)c(F)cc1Br)C(C)C. The van der Waals surface area contributed by atoms with Crippen molar-refractivity contribution in [2.45, 2.75) is 50.4 Å². The Labute approximate surface area is 183 Å². The Morgan fingerprint density at radius 3 is 2.41 bits per heavy atom. The van der Waals surface area contributed by atoms with Gasteiger partial charge < -0.3 is 10.1 Å². The number of carbonyl (C=O) groups excluding carboxylic acids is 2. The van der Waals surface area contributed by atoms with Crippen molar-refractivity contribution in [3.63, 3.8) is 0 Å². The van der Waals surface area contributed by atoms with E-state index < -0.39 is 17.0 Å². The van der Waals surface area contributed by atoms with Crippen LogP contribution in [0.4, 0.5) is 10.1 Å². The smallest absolute Gasteiger partial charge is 0.319 e. The van der Waals surface area contributed by atoms with Crippen LogP contribution >= 0.6 is 27.7 Å². The fourth-order valence-electron chi connectivity index (χ4n) is 2.44. The molecule has 0 heterocycles. The summed E-state index contributed by atoms with van der Waals surface area (Å²) in [5.41, 5.74) is 0.489. The first-order valence-electron chi connectivity index (χ1n) is 9.45. The van der Waals surface area contributed by atoms with Crippen LogP contribution in [-0.4, -0.2) is 23.2 Å². The minimum absolute atomic E-state index is 0.0101. The average molecular weight is 482 g/mol. The summed E-state index contributed by atoms with van der Waals surface area (Å²) in [6.45, 7) is 7.68. The van der Waals surface area contributed by atoms with Crippen LogP contribution in [0.5, 0.6) is 0 Å². The molecule has 7 heteroatoms. The maximum atomic E-state index is 14.4. The number of nitrogens with one attached hydrogen (secondary N) is 1. The van der Waals surface area contributed by atoms with Crippen LogP contribution in [0.25, 0.3) is 0 Å². The van der Waals surface area contributed by atoms with E-state index in [1.165, 1.54) is 23.9 Å². The number of amides is 1. The minimum atomic E-state index is -0.561. The molecule has 0 aliphatic carbocycles. The molecule has 4 nitrogen and oxygen atoms in total. The first-order chi connectivity index (χ1) is 13.7. The third-order valence-corrected chi connectivity index (χ3v) is 6.79. The molecule has 0 aliphatic rings. The molecule has 2 rings (SSSR count). The number of rotatable bonds is 8. The van der Waals surface area contributed by atoms with Gasteiger partial charge in [0.25, 0.3) is 5.91 Å². The molecular weight excluding hydrogens is 457 g/mol. The van der Waals surface area contributed by atoms with Gasteiger partial charge in [-0.3, -0.25) is 9.59 Å². The summed E-state index contributed by atoms with van der Waals surface area (Å²) in [6.07, 6.45) is 0.568. The Kier molecular flexibility index (Phi) is 8.71. The highest BCUT2D eigenvalue weighted by Crippen LogP contribution is 2.37. The second kappa shape index (κ2) is 10.8. The summed E-state index contributed by atoms with van der Waals surface area (Å²) in [7, 11) is 0. The summed E-state index contributed by atoms with van der Waals surface area (Å²) in [5, 5.41) is 2.15. The van der Waals surface area contributed by atoms with Gasteiger partial charge in [-0.2, -0.15) is 0 Å². The van der Waals surface area contributed by atoms with Gasteiger partial charge in [0.2, 0.25) is 0 Å². The van der Waals surface area contributed by atoms with Gasteiger partial charge in [0.1, 0.15) is 11.1 Å². The zero-order valence-electron chi connectivity index (χ0n) is 16.9. The van der Waals surface area contributed by atoms with E-state index in [9.17, 15) is 14.0 Å². The second-order valence-corrected chi connectivity index (χ2v) is 9.06. The van der Waals surface area contributed by atoms with E-state index >= 15 is 0 Å². The number of esters is 1. The molecule has 1 amide bonds. The van der Waals surface area contributed by atoms with Crippen molar-refractivity contribution in [1.29, 1.82) is 0 Å². The molecular formula is C22H25BrFNO3S. The summed E-state index contributed by atoms with van der Waals surface area (Å²) in [4.78, 5) is 25.6. The standard InChI is InChI=1S/C22H25BrFNO3S/c1-5-14(4)28-22(27)20(13(2)3)29-19-12-18(17(24)11-16(19)23)25-21(26)15-9-7-6-8-10-15/h6-14,20H,5H2,1-4H3,(H,25,26). The number of thioether (sulfide) groups is 1. The van der Waals surface area contributed by atoms with Gasteiger partial charge in [-0.05, 0) is 59.5 Å². The van der Waals surface area contributed by atoms with E-state index in [0.29, 0.717) is 14.9 Å². The Bertz CT molecular complexity index is 861. The number of anilines is 1. The monoisotopic (exact) mass is 481 g/mol. The normalized spacial score (nSPS) is 13.1. The lowest BCUT2D eigenvalue weighted by Crippen LogP contribution is -2.28. The summed E-state index contributed by atoms with van der Waals surface area (Å²) in [6, 6.07) is 11.4. The molecule has 156 valence electrons. The number of ether oxygens (including phenoxy) is 1. The van der Waals surface area contributed by atoms with E-state index in [2.05, 4.69) is 21.2 Å². The molecule has 2 atom stereocenters. The summed E-state index contributed by atoms with van der Waals surface area (Å²) in [5.74, 6) is -1.26. The van der Waals surface area contributed by atoms with Crippen molar-refractivity contribution in [2.75, 3.05) is 5.32 Å². The van der Waals surface area contributed by atoms with Gasteiger partial charge in [-0.25, -0.2) is 4.39 Å².